The van der Waals surface area contributed by atoms with Crippen LogP contribution >= 0.6 is 0 Å². The van der Waals surface area contributed by atoms with Crippen molar-refractivity contribution in [1.29, 1.82) is 0 Å². The van der Waals surface area contributed by atoms with E-state index in [4.69, 9.17) is 10.8 Å². The molecule has 0 atom stereocenters. The Bertz CT molecular complexity index is 994. The number of rotatable bonds is 7. The summed E-state index contributed by atoms with van der Waals surface area (Å²) in [6.45, 7) is 0.147. The van der Waals surface area contributed by atoms with E-state index in [9.17, 15) is 4.79 Å². The highest BCUT2D eigenvalue weighted by molar-refractivity contribution is 5.94. The summed E-state index contributed by atoms with van der Waals surface area (Å²) < 4.78 is 1.75. The van der Waals surface area contributed by atoms with Crippen molar-refractivity contribution >= 4 is 28.7 Å². The second-order valence-corrected chi connectivity index (χ2v) is 7.58. The van der Waals surface area contributed by atoms with Gasteiger partial charge in [-0.05, 0) is 49.9 Å². The van der Waals surface area contributed by atoms with Crippen molar-refractivity contribution < 1.29 is 9.90 Å². The second kappa shape index (κ2) is 9.10. The molecule has 1 aromatic carbocycles. The maximum atomic E-state index is 12.0. The lowest BCUT2D eigenvalue weighted by molar-refractivity contribution is 0.0945. The molecule has 2 aromatic heterocycles. The monoisotopic (exact) mass is 409 g/mol. The Morgan fingerprint density at radius 2 is 1.97 bits per heavy atom. The molecule has 0 spiro atoms. The number of amides is 1. The highest BCUT2D eigenvalue weighted by atomic mass is 16.3. The normalized spacial score (nSPS) is 18.9. The second-order valence-electron chi connectivity index (χ2n) is 7.58. The van der Waals surface area contributed by atoms with Gasteiger partial charge in [0.1, 0.15) is 5.82 Å². The molecule has 0 radical (unpaired) electrons. The third-order valence-corrected chi connectivity index (χ3v) is 5.31. The van der Waals surface area contributed by atoms with Crippen LogP contribution in [0.1, 0.15) is 36.0 Å². The van der Waals surface area contributed by atoms with Crippen LogP contribution in [0.25, 0.3) is 5.65 Å². The van der Waals surface area contributed by atoms with E-state index >= 15 is 0 Å². The fourth-order valence-electron chi connectivity index (χ4n) is 3.68. The summed E-state index contributed by atoms with van der Waals surface area (Å²) >= 11 is 0. The van der Waals surface area contributed by atoms with Crippen LogP contribution in [-0.2, 0) is 0 Å². The zero-order valence-corrected chi connectivity index (χ0v) is 16.7. The van der Waals surface area contributed by atoms with E-state index in [2.05, 4.69) is 26.0 Å². The molecule has 158 valence electrons. The molecule has 1 fully saturated rings. The Hall–Kier alpha value is -3.17. The van der Waals surface area contributed by atoms with Crippen LogP contribution in [-0.4, -0.2) is 50.8 Å². The van der Waals surface area contributed by atoms with E-state index in [1.807, 2.05) is 24.4 Å². The number of aliphatic hydroxyl groups is 1. The summed E-state index contributed by atoms with van der Waals surface area (Å²) in [7, 11) is 0. The lowest BCUT2D eigenvalue weighted by Crippen LogP contribution is -2.33. The van der Waals surface area contributed by atoms with Crippen LogP contribution in [0.3, 0.4) is 0 Å². The first-order valence-electron chi connectivity index (χ1n) is 10.2. The Balaban J connectivity index is 1.50. The minimum absolute atomic E-state index is 0.0856. The average molecular weight is 409 g/mol. The highest BCUT2D eigenvalue weighted by Gasteiger charge is 2.19. The standard InChI is InChI=1S/C21H27N7O2/c22-15-3-7-17(8-4-15)26-19-13-18(20-23-9-11-28(20)27-19)25-16-5-1-14(2-6-16)21(30)24-10-12-29/h1-2,5-6,9,11,13,15,17,25,29H,3-4,7-8,10,12,22H2,(H,24,30)(H,26,27)/t15-,17-. The predicted octanol–water partition coefficient (Wildman–Crippen LogP) is 1.88. The number of nitrogens with one attached hydrogen (secondary N) is 3. The maximum Gasteiger partial charge on any atom is 0.251 e. The number of benzene rings is 1. The fourth-order valence-corrected chi connectivity index (χ4v) is 3.68. The van der Waals surface area contributed by atoms with Crippen molar-refractivity contribution in [3.63, 3.8) is 0 Å². The third kappa shape index (κ3) is 4.69. The molecule has 30 heavy (non-hydrogen) atoms. The van der Waals surface area contributed by atoms with Gasteiger partial charge < -0.3 is 26.8 Å². The van der Waals surface area contributed by atoms with E-state index in [1.54, 1.807) is 22.8 Å². The molecule has 3 aromatic rings. The number of carbonyl (C=O) groups is 1. The van der Waals surface area contributed by atoms with Crippen molar-refractivity contribution in [1.82, 2.24) is 19.9 Å². The van der Waals surface area contributed by atoms with Crippen LogP contribution in [0.5, 0.6) is 0 Å². The van der Waals surface area contributed by atoms with Gasteiger partial charge in [0.2, 0.25) is 0 Å². The molecule has 1 amide bonds. The molecule has 4 rings (SSSR count). The van der Waals surface area contributed by atoms with Crippen molar-refractivity contribution in [3.05, 3.63) is 48.3 Å². The Kier molecular flexibility index (Phi) is 6.10. The molecule has 0 saturated heterocycles. The minimum Gasteiger partial charge on any atom is -0.395 e. The SMILES string of the molecule is N[C@H]1CC[C@H](Nc2cc(Nc3ccc(C(=O)NCCO)cc3)c3nccn3n2)CC1. The van der Waals surface area contributed by atoms with E-state index in [1.165, 1.54) is 0 Å². The first-order valence-corrected chi connectivity index (χ1v) is 10.2. The summed E-state index contributed by atoms with van der Waals surface area (Å²) in [4.78, 5) is 16.4. The van der Waals surface area contributed by atoms with E-state index in [-0.39, 0.29) is 19.1 Å². The lowest BCUT2D eigenvalue weighted by atomic mass is 9.92. The number of aliphatic hydroxyl groups excluding tert-OH is 1. The highest BCUT2D eigenvalue weighted by Crippen LogP contribution is 2.26. The number of carbonyl (C=O) groups excluding carboxylic acids is 1. The summed E-state index contributed by atoms with van der Waals surface area (Å²) in [5.74, 6) is 0.567. The molecule has 1 aliphatic carbocycles. The summed E-state index contributed by atoms with van der Waals surface area (Å²) in [6, 6.07) is 9.78. The van der Waals surface area contributed by atoms with Gasteiger partial charge in [0, 0.05) is 48.3 Å². The van der Waals surface area contributed by atoms with Gasteiger partial charge in [0.15, 0.2) is 5.65 Å². The van der Waals surface area contributed by atoms with Crippen molar-refractivity contribution in [2.75, 3.05) is 23.8 Å². The number of imidazole rings is 1. The molecule has 1 aliphatic rings. The summed E-state index contributed by atoms with van der Waals surface area (Å²) in [6.07, 6.45) is 7.64. The topological polar surface area (TPSA) is 130 Å². The van der Waals surface area contributed by atoms with Crippen molar-refractivity contribution in [2.45, 2.75) is 37.8 Å². The number of nitrogens with two attached hydrogens (primary N) is 1. The molecule has 9 heteroatoms. The van der Waals surface area contributed by atoms with Crippen LogP contribution in [0.2, 0.25) is 0 Å². The molecule has 1 saturated carbocycles. The molecule has 6 N–H and O–H groups in total. The Morgan fingerprint density at radius 1 is 1.20 bits per heavy atom. The smallest absolute Gasteiger partial charge is 0.251 e. The molecule has 2 heterocycles. The zero-order valence-electron chi connectivity index (χ0n) is 16.7. The molecule has 0 aliphatic heterocycles. The number of hydrogen-bond acceptors (Lipinski definition) is 7. The molecular weight excluding hydrogens is 382 g/mol. The molecule has 0 bridgehead atoms. The lowest BCUT2D eigenvalue weighted by Gasteiger charge is -2.27. The molecular formula is C21H27N7O2. The van der Waals surface area contributed by atoms with Gasteiger partial charge in [-0.3, -0.25) is 4.79 Å². The van der Waals surface area contributed by atoms with Crippen LogP contribution in [0.4, 0.5) is 17.2 Å². The number of fused-ring (bicyclic) bond motifs is 1. The minimum atomic E-state index is -0.214. The maximum absolute atomic E-state index is 12.0. The van der Waals surface area contributed by atoms with Gasteiger partial charge >= 0.3 is 0 Å². The summed E-state index contributed by atoms with van der Waals surface area (Å²) in [5.41, 5.74) is 8.92. The van der Waals surface area contributed by atoms with Crippen molar-refractivity contribution in [2.24, 2.45) is 5.73 Å². The van der Waals surface area contributed by atoms with Crippen LogP contribution < -0.4 is 21.7 Å². The summed E-state index contributed by atoms with van der Waals surface area (Å²) in [5, 5.41) is 23.0. The average Bonchev–Trinajstić information content (AvgIpc) is 3.23. The van der Waals surface area contributed by atoms with E-state index in [0.717, 1.165) is 48.5 Å². The third-order valence-electron chi connectivity index (χ3n) is 5.31. The molecule has 0 unspecified atom stereocenters. The fraction of sp³-hybridized carbons (Fsp3) is 0.381. The van der Waals surface area contributed by atoms with Crippen LogP contribution in [0.15, 0.2) is 42.7 Å². The van der Waals surface area contributed by atoms with Gasteiger partial charge in [-0.2, -0.15) is 0 Å². The van der Waals surface area contributed by atoms with Crippen LogP contribution in [0, 0.1) is 0 Å². The Morgan fingerprint density at radius 3 is 2.70 bits per heavy atom. The first-order chi connectivity index (χ1) is 14.6. The van der Waals surface area contributed by atoms with E-state index < -0.39 is 0 Å². The number of hydrogen-bond donors (Lipinski definition) is 5. The number of aromatic nitrogens is 3. The van der Waals surface area contributed by atoms with Gasteiger partial charge in [0.05, 0.1) is 12.3 Å². The van der Waals surface area contributed by atoms with Gasteiger partial charge in [-0.15, -0.1) is 5.10 Å². The van der Waals surface area contributed by atoms with E-state index in [0.29, 0.717) is 17.6 Å². The molecule has 9 nitrogen and oxygen atoms in total. The first kappa shape index (κ1) is 20.1. The largest absolute Gasteiger partial charge is 0.395 e. The van der Waals surface area contributed by atoms with Gasteiger partial charge in [-0.25, -0.2) is 9.50 Å². The number of nitrogens with zero attached hydrogens (tertiary/aromatic N) is 3. The van der Waals surface area contributed by atoms with Gasteiger partial charge in [0.25, 0.3) is 5.91 Å². The number of anilines is 3. The van der Waals surface area contributed by atoms with Gasteiger partial charge in [-0.1, -0.05) is 0 Å². The quantitative estimate of drug-likeness (QED) is 0.403. The van der Waals surface area contributed by atoms with Crippen molar-refractivity contribution in [3.8, 4) is 0 Å². The zero-order chi connectivity index (χ0) is 20.9. The Labute approximate surface area is 174 Å². The predicted molar refractivity (Wildman–Crippen MR) is 116 cm³/mol.